The van der Waals surface area contributed by atoms with Gasteiger partial charge in [0.1, 0.15) is 5.70 Å². The molecule has 0 saturated heterocycles. The average Bonchev–Trinajstić information content (AvgIpc) is 3.79. The second kappa shape index (κ2) is 14.3. The van der Waals surface area contributed by atoms with Crippen LogP contribution in [0.2, 0.25) is 0 Å². The largest absolute Gasteiger partial charge is 0.400 e. The van der Waals surface area contributed by atoms with E-state index in [4.69, 9.17) is 5.73 Å². The number of carbonyl (C=O) groups is 2. The molecule has 8 heteroatoms. The Morgan fingerprint density at radius 1 is 1.05 bits per heavy atom. The van der Waals surface area contributed by atoms with E-state index in [0.29, 0.717) is 41.1 Å². The maximum absolute atomic E-state index is 12.9. The van der Waals surface area contributed by atoms with Crippen LogP contribution in [0.1, 0.15) is 38.7 Å². The number of likely N-dealkylation sites (N-methyl/N-ethyl adjacent to an activating group) is 3. The SMILES string of the molecule is C=CN=C(/C(=C(\C)N)N(C)c1ccc(CCC)cc1)N(C=O)c1cccc(N(C)C(=O)/C=C/CN(C)C2CC2)c1. The zero-order valence-electron chi connectivity index (χ0n) is 24.4. The molecular weight excluding hydrogens is 500 g/mol. The van der Waals surface area contributed by atoms with Crippen LogP contribution in [0.4, 0.5) is 17.1 Å². The Hall–Kier alpha value is -4.17. The van der Waals surface area contributed by atoms with Crippen LogP contribution in [-0.2, 0) is 16.0 Å². The maximum Gasteiger partial charge on any atom is 0.250 e. The molecule has 2 aromatic carbocycles. The van der Waals surface area contributed by atoms with Gasteiger partial charge in [-0.2, -0.15) is 0 Å². The topological polar surface area (TPSA) is 85.5 Å². The van der Waals surface area contributed by atoms with Gasteiger partial charge in [-0.15, -0.1) is 0 Å². The molecule has 1 aliphatic rings. The molecule has 0 atom stereocenters. The van der Waals surface area contributed by atoms with Gasteiger partial charge in [-0.25, -0.2) is 4.99 Å². The molecule has 2 amide bonds. The molecule has 0 aliphatic heterocycles. The Kier molecular flexibility index (Phi) is 10.8. The van der Waals surface area contributed by atoms with Crippen molar-refractivity contribution in [2.24, 2.45) is 10.7 Å². The highest BCUT2D eigenvalue weighted by atomic mass is 16.2. The minimum Gasteiger partial charge on any atom is -0.400 e. The van der Waals surface area contributed by atoms with Crippen LogP contribution in [0.5, 0.6) is 0 Å². The molecule has 1 saturated carbocycles. The molecule has 2 N–H and O–H groups in total. The van der Waals surface area contributed by atoms with Crippen molar-refractivity contribution < 1.29 is 9.59 Å². The smallest absolute Gasteiger partial charge is 0.250 e. The fourth-order valence-corrected chi connectivity index (χ4v) is 4.53. The number of hydrogen-bond acceptors (Lipinski definition) is 6. The molecule has 40 heavy (non-hydrogen) atoms. The molecule has 0 aromatic heterocycles. The van der Waals surface area contributed by atoms with Crippen LogP contribution < -0.4 is 20.4 Å². The van der Waals surface area contributed by atoms with Gasteiger partial charge in [0.05, 0.1) is 5.69 Å². The third-order valence-electron chi connectivity index (χ3n) is 6.98. The van der Waals surface area contributed by atoms with Crippen molar-refractivity contribution in [3.8, 4) is 0 Å². The molecule has 0 spiro atoms. The lowest BCUT2D eigenvalue weighted by Crippen LogP contribution is -2.38. The van der Waals surface area contributed by atoms with Crippen LogP contribution >= 0.6 is 0 Å². The van der Waals surface area contributed by atoms with E-state index in [-0.39, 0.29) is 5.91 Å². The lowest BCUT2D eigenvalue weighted by molar-refractivity contribution is -0.114. The number of benzene rings is 2. The normalized spacial score (nSPS) is 14.2. The monoisotopic (exact) mass is 542 g/mol. The highest BCUT2D eigenvalue weighted by molar-refractivity contribution is 6.20. The number of amides is 2. The van der Waals surface area contributed by atoms with Gasteiger partial charge in [-0.05, 0) is 69.1 Å². The molecule has 1 fully saturated rings. The molecular formula is C32H42N6O2. The summed E-state index contributed by atoms with van der Waals surface area (Å²) < 4.78 is 0. The quantitative estimate of drug-likeness (QED) is 0.165. The van der Waals surface area contributed by atoms with E-state index in [1.54, 1.807) is 43.1 Å². The van der Waals surface area contributed by atoms with Gasteiger partial charge in [0, 0.05) is 56.0 Å². The summed E-state index contributed by atoms with van der Waals surface area (Å²) in [7, 11) is 5.67. The first-order valence-corrected chi connectivity index (χ1v) is 13.7. The van der Waals surface area contributed by atoms with Crippen molar-refractivity contribution in [2.75, 3.05) is 42.4 Å². The van der Waals surface area contributed by atoms with E-state index < -0.39 is 0 Å². The first kappa shape index (κ1) is 30.4. The molecule has 8 nitrogen and oxygen atoms in total. The number of nitrogens with two attached hydrogens (primary N) is 1. The number of rotatable bonds is 13. The molecule has 1 aliphatic carbocycles. The van der Waals surface area contributed by atoms with Gasteiger partial charge >= 0.3 is 0 Å². The van der Waals surface area contributed by atoms with Gasteiger partial charge in [0.15, 0.2) is 5.84 Å². The highest BCUT2D eigenvalue weighted by Gasteiger charge is 2.25. The fraction of sp³-hybridized carbons (Fsp3) is 0.344. The zero-order chi connectivity index (χ0) is 29.2. The number of carbonyl (C=O) groups excluding carboxylic acids is 2. The molecule has 0 radical (unpaired) electrons. The van der Waals surface area contributed by atoms with Gasteiger partial charge in [0.2, 0.25) is 12.3 Å². The second-order valence-corrected chi connectivity index (χ2v) is 10.1. The molecule has 212 valence electrons. The summed E-state index contributed by atoms with van der Waals surface area (Å²) in [6, 6.07) is 16.1. The van der Waals surface area contributed by atoms with Crippen LogP contribution in [0, 0.1) is 0 Å². The average molecular weight is 543 g/mol. The van der Waals surface area contributed by atoms with E-state index >= 15 is 0 Å². The lowest BCUT2D eigenvalue weighted by Gasteiger charge is -2.30. The number of nitrogens with zero attached hydrogens (tertiary/aromatic N) is 5. The van der Waals surface area contributed by atoms with Crippen LogP contribution in [0.3, 0.4) is 0 Å². The van der Waals surface area contributed by atoms with Crippen LogP contribution in [-0.4, -0.2) is 56.8 Å². The molecule has 0 unspecified atom stereocenters. The Morgan fingerprint density at radius 2 is 1.73 bits per heavy atom. The Morgan fingerprint density at radius 3 is 2.30 bits per heavy atom. The molecule has 0 bridgehead atoms. The number of allylic oxidation sites excluding steroid dienone is 1. The van der Waals surface area contributed by atoms with E-state index in [9.17, 15) is 9.59 Å². The first-order valence-electron chi connectivity index (χ1n) is 13.7. The van der Waals surface area contributed by atoms with Crippen molar-refractivity contribution in [1.29, 1.82) is 0 Å². The maximum atomic E-state index is 12.9. The van der Waals surface area contributed by atoms with E-state index in [1.807, 2.05) is 36.2 Å². The minimum absolute atomic E-state index is 0.149. The highest BCUT2D eigenvalue weighted by Crippen LogP contribution is 2.27. The predicted molar refractivity (Wildman–Crippen MR) is 167 cm³/mol. The Balaban J connectivity index is 1.88. The summed E-state index contributed by atoms with van der Waals surface area (Å²) in [6.45, 7) is 8.42. The van der Waals surface area contributed by atoms with E-state index in [2.05, 4.69) is 42.6 Å². The molecule has 3 rings (SSSR count). The summed E-state index contributed by atoms with van der Waals surface area (Å²) in [5.41, 5.74) is 10.8. The predicted octanol–water partition coefficient (Wildman–Crippen LogP) is 5.08. The molecule has 2 aromatic rings. The number of hydrogen-bond donors (Lipinski definition) is 1. The van der Waals surface area contributed by atoms with E-state index in [0.717, 1.165) is 25.1 Å². The summed E-state index contributed by atoms with van der Waals surface area (Å²) >= 11 is 0. The zero-order valence-corrected chi connectivity index (χ0v) is 24.4. The van der Waals surface area contributed by atoms with Gasteiger partial charge in [-0.1, -0.05) is 44.2 Å². The standard InChI is InChI=1S/C32H42N6O2/c1-7-11-25-15-17-27(18-16-25)37(6)31(24(3)33)32(34-8-2)38(23-39)29-13-9-12-28(22-29)36(5)30(40)14-10-21-35(4)26-19-20-26/h8-10,12-18,22-23,26H,2,7,11,19-21,33H2,1,3-6H3/b14-10+,31-24-,34-32?. The van der Waals surface area contributed by atoms with Gasteiger partial charge in [0.25, 0.3) is 0 Å². The van der Waals surface area contributed by atoms with Crippen molar-refractivity contribution in [1.82, 2.24) is 4.90 Å². The van der Waals surface area contributed by atoms with E-state index in [1.165, 1.54) is 29.5 Å². The number of aryl methyl sites for hydroxylation is 1. The Labute approximate surface area is 238 Å². The summed E-state index contributed by atoms with van der Waals surface area (Å²) in [6.07, 6.45) is 10.1. The number of aliphatic imine (C=N–C) groups is 1. The summed E-state index contributed by atoms with van der Waals surface area (Å²) in [5, 5.41) is 0. The summed E-state index contributed by atoms with van der Waals surface area (Å²) in [4.78, 5) is 37.0. The second-order valence-electron chi connectivity index (χ2n) is 10.1. The lowest BCUT2D eigenvalue weighted by atomic mass is 10.1. The van der Waals surface area contributed by atoms with Crippen molar-refractivity contribution >= 4 is 35.2 Å². The van der Waals surface area contributed by atoms with Gasteiger partial charge in [-0.3, -0.25) is 19.4 Å². The van der Waals surface area contributed by atoms with Crippen molar-refractivity contribution in [2.45, 2.75) is 45.6 Å². The first-order chi connectivity index (χ1) is 19.2. The van der Waals surface area contributed by atoms with Crippen LogP contribution in [0.25, 0.3) is 0 Å². The Bertz CT molecular complexity index is 1270. The number of anilines is 3. The third-order valence-corrected chi connectivity index (χ3v) is 6.98. The van der Waals surface area contributed by atoms with Crippen molar-refractivity contribution in [3.63, 3.8) is 0 Å². The number of amidine groups is 1. The van der Waals surface area contributed by atoms with Gasteiger partial charge < -0.3 is 15.5 Å². The van der Waals surface area contributed by atoms with Crippen molar-refractivity contribution in [3.05, 3.63) is 90.4 Å². The summed E-state index contributed by atoms with van der Waals surface area (Å²) in [5.74, 6) is 0.169. The fourth-order valence-electron chi connectivity index (χ4n) is 4.53. The minimum atomic E-state index is -0.149. The van der Waals surface area contributed by atoms with Crippen LogP contribution in [0.15, 0.2) is 89.8 Å². The third kappa shape index (κ3) is 7.70. The molecule has 0 heterocycles.